The van der Waals surface area contributed by atoms with Crippen LogP contribution in [0.25, 0.3) is 10.9 Å². The molecule has 2 atom stereocenters. The summed E-state index contributed by atoms with van der Waals surface area (Å²) >= 11 is 0. The molecule has 2 N–H and O–H groups in total. The number of phenols is 1. The molecule has 2 aromatic carbocycles. The fourth-order valence-electron chi connectivity index (χ4n) is 5.96. The molecule has 1 aliphatic carbocycles. The van der Waals surface area contributed by atoms with Gasteiger partial charge in [-0.2, -0.15) is 0 Å². The number of likely N-dealkylation sites (tertiary alicyclic amines) is 1. The van der Waals surface area contributed by atoms with E-state index in [4.69, 9.17) is 0 Å². The number of fused-ring (bicyclic) bond motifs is 6. The topological polar surface area (TPSA) is 39.3 Å². The predicted octanol–water partition coefficient (Wildman–Crippen LogP) is 5.76. The average molecular weight is 389 g/mol. The summed E-state index contributed by atoms with van der Waals surface area (Å²) in [5.74, 6) is 0.377. The van der Waals surface area contributed by atoms with Crippen molar-refractivity contribution in [2.45, 2.75) is 63.3 Å². The zero-order valence-corrected chi connectivity index (χ0v) is 17.5. The van der Waals surface area contributed by atoms with Gasteiger partial charge in [0.25, 0.3) is 0 Å². The quantitative estimate of drug-likeness (QED) is 0.527. The van der Waals surface area contributed by atoms with Gasteiger partial charge in [-0.05, 0) is 61.7 Å². The molecule has 2 aliphatic rings. The third-order valence-electron chi connectivity index (χ3n) is 7.33. The number of aromatic amines is 1. The third-order valence-corrected chi connectivity index (χ3v) is 7.33. The van der Waals surface area contributed by atoms with Crippen LogP contribution in [0, 0.1) is 0 Å². The number of aromatic nitrogens is 1. The number of rotatable bonds is 6. The minimum absolute atomic E-state index is 0.00346. The maximum Gasteiger partial charge on any atom is 0.115 e. The maximum atomic E-state index is 10.2. The van der Waals surface area contributed by atoms with Crippen molar-refractivity contribution >= 4 is 10.9 Å². The van der Waals surface area contributed by atoms with E-state index < -0.39 is 0 Å². The van der Waals surface area contributed by atoms with E-state index in [-0.39, 0.29) is 5.41 Å². The second kappa shape index (κ2) is 7.53. The Balaban J connectivity index is 1.57. The first-order valence-electron chi connectivity index (χ1n) is 11.3. The molecule has 0 unspecified atom stereocenters. The van der Waals surface area contributed by atoms with Crippen LogP contribution < -0.4 is 0 Å². The van der Waals surface area contributed by atoms with E-state index in [1.165, 1.54) is 60.0 Å². The normalized spacial score (nSPS) is 24.0. The minimum atomic E-state index is -0.00346. The lowest BCUT2D eigenvalue weighted by atomic mass is 9.61. The summed E-state index contributed by atoms with van der Waals surface area (Å²) in [5.41, 5.74) is 5.42. The molecule has 1 aromatic heterocycles. The van der Waals surface area contributed by atoms with Gasteiger partial charge in [-0.15, -0.1) is 0 Å². The number of hydrogen-bond donors (Lipinski definition) is 2. The second-order valence-corrected chi connectivity index (χ2v) is 9.07. The van der Waals surface area contributed by atoms with Gasteiger partial charge < -0.3 is 10.1 Å². The Morgan fingerprint density at radius 2 is 2.00 bits per heavy atom. The predicted molar refractivity (Wildman–Crippen MR) is 120 cm³/mol. The van der Waals surface area contributed by atoms with Gasteiger partial charge in [0.1, 0.15) is 5.75 Å². The molecule has 152 valence electrons. The molecule has 1 fully saturated rings. The molecule has 3 aromatic rings. The molecule has 1 saturated heterocycles. The van der Waals surface area contributed by atoms with Crippen LogP contribution in [0.15, 0.2) is 48.5 Å². The molecule has 2 bridgehead atoms. The van der Waals surface area contributed by atoms with Crippen LogP contribution in [0.2, 0.25) is 0 Å². The molecule has 29 heavy (non-hydrogen) atoms. The molecule has 1 aliphatic heterocycles. The van der Waals surface area contributed by atoms with Gasteiger partial charge in [0.15, 0.2) is 0 Å². The number of phenolic OH excluding ortho intramolecular Hbond substituents is 1. The van der Waals surface area contributed by atoms with Crippen LogP contribution in [0.5, 0.6) is 5.75 Å². The SMILES string of the molecule is CCCCCCN1CC[C@]2(c3cccc(O)c3)C[C@H]1Cc1[nH]c3ccccc3c12. The van der Waals surface area contributed by atoms with E-state index in [1.807, 2.05) is 12.1 Å². The van der Waals surface area contributed by atoms with Gasteiger partial charge in [0.05, 0.1) is 0 Å². The smallest absolute Gasteiger partial charge is 0.115 e. The number of nitrogens with one attached hydrogen (secondary N) is 1. The summed E-state index contributed by atoms with van der Waals surface area (Å²) < 4.78 is 0. The Bertz CT molecular complexity index is 1010. The largest absolute Gasteiger partial charge is 0.508 e. The first-order chi connectivity index (χ1) is 14.2. The molecule has 5 rings (SSSR count). The summed E-state index contributed by atoms with van der Waals surface area (Å²) in [7, 11) is 0. The molecule has 3 nitrogen and oxygen atoms in total. The minimum Gasteiger partial charge on any atom is -0.508 e. The van der Waals surface area contributed by atoms with Crippen molar-refractivity contribution in [3.05, 3.63) is 65.4 Å². The van der Waals surface area contributed by atoms with Gasteiger partial charge in [-0.3, -0.25) is 4.90 Å². The molecular formula is C26H32N2O. The van der Waals surface area contributed by atoms with E-state index in [0.29, 0.717) is 11.8 Å². The highest BCUT2D eigenvalue weighted by molar-refractivity contribution is 5.87. The number of nitrogens with zero attached hydrogens (tertiary/aromatic N) is 1. The Hall–Kier alpha value is -2.26. The molecule has 0 amide bonds. The van der Waals surface area contributed by atoms with Crippen LogP contribution in [-0.2, 0) is 11.8 Å². The maximum absolute atomic E-state index is 10.2. The highest BCUT2D eigenvalue weighted by Gasteiger charge is 2.48. The van der Waals surface area contributed by atoms with Crippen molar-refractivity contribution in [3.8, 4) is 5.75 Å². The molecule has 0 saturated carbocycles. The van der Waals surface area contributed by atoms with Crippen molar-refractivity contribution in [1.29, 1.82) is 0 Å². The van der Waals surface area contributed by atoms with Crippen molar-refractivity contribution in [3.63, 3.8) is 0 Å². The first kappa shape index (κ1) is 18.7. The average Bonchev–Trinajstić information content (AvgIpc) is 3.11. The van der Waals surface area contributed by atoms with E-state index in [0.717, 1.165) is 25.8 Å². The summed E-state index contributed by atoms with van der Waals surface area (Å²) in [6, 6.07) is 17.4. The van der Waals surface area contributed by atoms with Crippen molar-refractivity contribution in [2.24, 2.45) is 0 Å². The second-order valence-electron chi connectivity index (χ2n) is 9.07. The molecule has 0 spiro atoms. The molecular weight excluding hydrogens is 356 g/mol. The number of para-hydroxylation sites is 1. The van der Waals surface area contributed by atoms with E-state index >= 15 is 0 Å². The fourth-order valence-corrected chi connectivity index (χ4v) is 5.96. The van der Waals surface area contributed by atoms with Gasteiger partial charge >= 0.3 is 0 Å². The van der Waals surface area contributed by atoms with Crippen molar-refractivity contribution < 1.29 is 5.11 Å². The summed E-state index contributed by atoms with van der Waals surface area (Å²) in [5, 5.41) is 11.6. The zero-order chi connectivity index (χ0) is 19.8. The van der Waals surface area contributed by atoms with Gasteiger partial charge in [-0.25, -0.2) is 0 Å². The monoisotopic (exact) mass is 388 g/mol. The molecule has 3 heteroatoms. The Morgan fingerprint density at radius 1 is 1.10 bits per heavy atom. The van der Waals surface area contributed by atoms with Gasteiger partial charge in [0, 0.05) is 34.5 Å². The standard InChI is InChI=1S/C26H32N2O/c1-2-3-4-7-14-28-15-13-26(19-9-8-10-21(29)16-19)18-20(28)17-24-25(26)22-11-5-6-12-23(22)27-24/h5-6,8-12,16,20,27,29H,2-4,7,13-15,17-18H2,1H3/t20-,26-/m1/s1. The number of benzene rings is 2. The number of aromatic hydroxyl groups is 1. The van der Waals surface area contributed by atoms with Crippen LogP contribution in [0.3, 0.4) is 0 Å². The Labute approximate surface area is 173 Å². The Morgan fingerprint density at radius 3 is 2.86 bits per heavy atom. The van der Waals surface area contributed by atoms with E-state index in [1.54, 1.807) is 6.07 Å². The Kier molecular flexibility index (Phi) is 4.87. The third kappa shape index (κ3) is 3.16. The van der Waals surface area contributed by atoms with Crippen molar-refractivity contribution in [2.75, 3.05) is 13.1 Å². The fraction of sp³-hybridized carbons (Fsp3) is 0.462. The van der Waals surface area contributed by atoms with Crippen LogP contribution in [0.4, 0.5) is 0 Å². The number of unbranched alkanes of at least 4 members (excludes halogenated alkanes) is 3. The lowest BCUT2D eigenvalue weighted by Crippen LogP contribution is -2.53. The number of piperidine rings is 1. The lowest BCUT2D eigenvalue weighted by molar-refractivity contribution is 0.0939. The summed E-state index contributed by atoms with van der Waals surface area (Å²) in [6.07, 6.45) is 8.67. The molecule has 2 heterocycles. The lowest BCUT2D eigenvalue weighted by Gasteiger charge is -2.51. The van der Waals surface area contributed by atoms with E-state index in [9.17, 15) is 5.11 Å². The van der Waals surface area contributed by atoms with Crippen molar-refractivity contribution in [1.82, 2.24) is 9.88 Å². The van der Waals surface area contributed by atoms with Crippen LogP contribution >= 0.6 is 0 Å². The van der Waals surface area contributed by atoms with Crippen LogP contribution in [-0.4, -0.2) is 34.1 Å². The number of hydrogen-bond acceptors (Lipinski definition) is 2. The molecule has 0 radical (unpaired) electrons. The van der Waals surface area contributed by atoms with Gasteiger partial charge in [0.2, 0.25) is 0 Å². The highest BCUT2D eigenvalue weighted by Crippen LogP contribution is 2.52. The van der Waals surface area contributed by atoms with Gasteiger partial charge in [-0.1, -0.05) is 56.5 Å². The summed E-state index contributed by atoms with van der Waals surface area (Å²) in [4.78, 5) is 6.50. The van der Waals surface area contributed by atoms with Crippen LogP contribution in [0.1, 0.15) is 62.3 Å². The van der Waals surface area contributed by atoms with E-state index in [2.05, 4.69) is 47.1 Å². The first-order valence-corrected chi connectivity index (χ1v) is 11.3. The highest BCUT2D eigenvalue weighted by atomic mass is 16.3. The summed E-state index contributed by atoms with van der Waals surface area (Å²) in [6.45, 7) is 4.64. The zero-order valence-electron chi connectivity index (χ0n) is 17.5. The number of H-pyrrole nitrogens is 1.